The van der Waals surface area contributed by atoms with Crippen LogP contribution in [0.4, 0.5) is 4.39 Å². The van der Waals surface area contributed by atoms with Crippen LogP contribution in [0.25, 0.3) is 6.08 Å². The molecule has 2 atom stereocenters. The molecule has 33 heavy (non-hydrogen) atoms. The van der Waals surface area contributed by atoms with Crippen molar-refractivity contribution >= 4 is 30.5 Å². The van der Waals surface area contributed by atoms with Gasteiger partial charge in [0.15, 0.2) is 11.6 Å². The fourth-order valence-electron chi connectivity index (χ4n) is 4.25. The summed E-state index contributed by atoms with van der Waals surface area (Å²) in [6.45, 7) is 1.62. The minimum absolute atomic E-state index is 0.00821. The summed E-state index contributed by atoms with van der Waals surface area (Å²) >= 11 is 4.73. The zero-order valence-corrected chi connectivity index (χ0v) is 19.2. The highest BCUT2D eigenvalue weighted by molar-refractivity contribution is 7.81. The van der Waals surface area contributed by atoms with E-state index in [9.17, 15) is 14.0 Å². The van der Waals surface area contributed by atoms with E-state index in [1.54, 1.807) is 22.9 Å². The number of tetrazole rings is 1. The van der Waals surface area contributed by atoms with E-state index < -0.39 is 12.0 Å². The van der Waals surface area contributed by atoms with Crippen molar-refractivity contribution in [3.8, 4) is 0 Å². The number of hydrogen-bond acceptors (Lipinski definition) is 7. The first-order valence-electron chi connectivity index (χ1n) is 11.3. The summed E-state index contributed by atoms with van der Waals surface area (Å²) in [5.74, 6) is -0.522. The second-order valence-electron chi connectivity index (χ2n) is 8.71. The van der Waals surface area contributed by atoms with Crippen LogP contribution in [-0.4, -0.2) is 60.3 Å². The van der Waals surface area contributed by atoms with Crippen molar-refractivity contribution in [2.24, 2.45) is 5.92 Å². The molecule has 1 N–H and O–H groups in total. The predicted molar refractivity (Wildman–Crippen MR) is 123 cm³/mol. The number of carbonyl (C=O) groups excluding carboxylic acids is 1. The average Bonchev–Trinajstić information content (AvgIpc) is 3.55. The summed E-state index contributed by atoms with van der Waals surface area (Å²) in [5.41, 5.74) is 1.39. The average molecular weight is 474 g/mol. The highest BCUT2D eigenvalue weighted by Gasteiger charge is 2.40. The Labute approximate surface area is 197 Å². The van der Waals surface area contributed by atoms with Gasteiger partial charge >= 0.3 is 5.97 Å². The number of ketones is 1. The second-order valence-corrected chi connectivity index (χ2v) is 9.33. The number of nitrogens with zero attached hydrogens (tertiary/aromatic N) is 5. The first-order valence-corrected chi connectivity index (χ1v) is 11.8. The number of hydrogen-bond donors (Lipinski definition) is 2. The number of aryl methyl sites for hydroxylation is 1. The van der Waals surface area contributed by atoms with Crippen LogP contribution < -0.4 is 0 Å². The third-order valence-electron chi connectivity index (χ3n) is 6.20. The Hall–Kier alpha value is -2.59. The van der Waals surface area contributed by atoms with Crippen molar-refractivity contribution in [2.45, 2.75) is 56.4 Å². The van der Waals surface area contributed by atoms with Gasteiger partial charge in [-0.25, -0.2) is 9.07 Å². The molecule has 1 aromatic carbocycles. The first kappa shape index (κ1) is 23.6. The summed E-state index contributed by atoms with van der Waals surface area (Å²) in [5, 5.41) is 20.7. The minimum atomic E-state index is -0.820. The molecule has 176 valence electrons. The largest absolute Gasteiger partial charge is 0.481 e. The van der Waals surface area contributed by atoms with Crippen molar-refractivity contribution in [1.82, 2.24) is 25.1 Å². The molecule has 0 amide bonds. The van der Waals surface area contributed by atoms with Crippen LogP contribution in [0, 0.1) is 11.7 Å². The maximum Gasteiger partial charge on any atom is 0.303 e. The minimum Gasteiger partial charge on any atom is -0.481 e. The van der Waals surface area contributed by atoms with Gasteiger partial charge in [0.2, 0.25) is 0 Å². The lowest BCUT2D eigenvalue weighted by Crippen LogP contribution is -2.42. The summed E-state index contributed by atoms with van der Waals surface area (Å²) in [6, 6.07) is 5.90. The number of carboxylic acid groups (broad SMARTS) is 1. The Balaban J connectivity index is 1.53. The van der Waals surface area contributed by atoms with Crippen LogP contribution in [-0.2, 0) is 16.1 Å². The highest BCUT2D eigenvalue weighted by Crippen LogP contribution is 2.39. The van der Waals surface area contributed by atoms with E-state index in [2.05, 4.69) is 15.5 Å². The van der Waals surface area contributed by atoms with E-state index in [1.807, 2.05) is 11.0 Å². The number of likely N-dealkylation sites (tertiary alicyclic amines) is 1. The van der Waals surface area contributed by atoms with Crippen molar-refractivity contribution in [3.05, 3.63) is 47.0 Å². The molecule has 0 spiro atoms. The molecule has 0 bridgehead atoms. The van der Waals surface area contributed by atoms with Crippen molar-refractivity contribution < 1.29 is 19.1 Å². The number of thiol groups is 1. The zero-order valence-electron chi connectivity index (χ0n) is 18.3. The van der Waals surface area contributed by atoms with E-state index in [4.69, 9.17) is 17.7 Å². The summed E-state index contributed by atoms with van der Waals surface area (Å²) in [6.07, 6.45) is 5.65. The van der Waals surface area contributed by atoms with Gasteiger partial charge in [-0.2, -0.15) is 12.6 Å². The van der Waals surface area contributed by atoms with Gasteiger partial charge in [0.1, 0.15) is 5.82 Å². The van der Waals surface area contributed by atoms with Gasteiger partial charge in [-0.3, -0.25) is 14.5 Å². The number of unbranched alkanes of at least 4 members (excludes halogenated alkanes) is 1. The quantitative estimate of drug-likeness (QED) is 0.404. The molecule has 1 saturated heterocycles. The monoisotopic (exact) mass is 473 g/mol. The maximum atomic E-state index is 14.7. The standard InChI is InChI=1S/C23H28FN5O3S/c24-18-6-2-1-5-17(18)22(23(32)15-8-9-15)28-12-10-19(33)16(14-28)13-20-25-26-27-29(20)11-4-3-7-21(30)31/h1-2,5-6,13,15,19,22,33H,3-4,7-12,14H2,(H,30,31)/b16-13-. The van der Waals surface area contributed by atoms with Gasteiger partial charge in [0.25, 0.3) is 0 Å². The molecule has 2 fully saturated rings. The summed E-state index contributed by atoms with van der Waals surface area (Å²) < 4.78 is 16.3. The van der Waals surface area contributed by atoms with Crippen LogP contribution in [0.15, 0.2) is 29.8 Å². The second kappa shape index (κ2) is 10.6. The van der Waals surface area contributed by atoms with Gasteiger partial charge in [-0.05, 0) is 60.2 Å². The molecule has 10 heteroatoms. The molecule has 4 rings (SSSR count). The molecular weight excluding hydrogens is 445 g/mol. The number of piperidine rings is 1. The van der Waals surface area contributed by atoms with Crippen molar-refractivity contribution in [2.75, 3.05) is 13.1 Å². The number of aliphatic carboxylic acids is 1. The Kier molecular flexibility index (Phi) is 7.54. The Morgan fingerprint density at radius 2 is 2.03 bits per heavy atom. The van der Waals surface area contributed by atoms with E-state index in [-0.39, 0.29) is 29.2 Å². The molecular formula is C23H28FN5O3S. The fourth-order valence-corrected chi connectivity index (χ4v) is 4.52. The van der Waals surface area contributed by atoms with E-state index in [1.165, 1.54) is 6.07 Å². The molecule has 1 aliphatic heterocycles. The third-order valence-corrected chi connectivity index (χ3v) is 6.79. The first-order chi connectivity index (χ1) is 15.9. The molecule has 0 radical (unpaired) electrons. The van der Waals surface area contributed by atoms with Crippen LogP contribution in [0.2, 0.25) is 0 Å². The van der Waals surface area contributed by atoms with Gasteiger partial charge in [0.05, 0.1) is 6.04 Å². The molecule has 1 saturated carbocycles. The lowest BCUT2D eigenvalue weighted by atomic mass is 9.93. The van der Waals surface area contributed by atoms with Gasteiger partial charge in [0, 0.05) is 42.8 Å². The van der Waals surface area contributed by atoms with Gasteiger partial charge in [-0.15, -0.1) is 5.10 Å². The Morgan fingerprint density at radius 1 is 1.24 bits per heavy atom. The van der Waals surface area contributed by atoms with Crippen LogP contribution in [0.3, 0.4) is 0 Å². The van der Waals surface area contributed by atoms with Crippen molar-refractivity contribution in [3.63, 3.8) is 0 Å². The van der Waals surface area contributed by atoms with Gasteiger partial charge < -0.3 is 5.11 Å². The van der Waals surface area contributed by atoms with E-state index in [0.29, 0.717) is 43.9 Å². The fraction of sp³-hybridized carbons (Fsp3) is 0.522. The molecule has 1 aliphatic carbocycles. The number of carbonyl (C=O) groups is 2. The number of benzene rings is 1. The Morgan fingerprint density at radius 3 is 2.76 bits per heavy atom. The number of aromatic nitrogens is 4. The molecule has 1 aromatic heterocycles. The number of rotatable bonds is 10. The zero-order chi connectivity index (χ0) is 23.4. The topological polar surface area (TPSA) is 101 Å². The smallest absolute Gasteiger partial charge is 0.303 e. The SMILES string of the molecule is O=C(O)CCCCn1nnnc1/C=C1/CN(C(C(=O)C2CC2)c2ccccc2F)CCC1S. The Bertz CT molecular complexity index is 1040. The molecule has 2 heterocycles. The maximum absolute atomic E-state index is 14.7. The van der Waals surface area contributed by atoms with Gasteiger partial charge in [-0.1, -0.05) is 18.2 Å². The number of Topliss-reactive ketones (excluding diaryl/α,β-unsaturated/α-hetero) is 1. The van der Waals surface area contributed by atoms with E-state index >= 15 is 0 Å². The van der Waals surface area contributed by atoms with E-state index in [0.717, 1.165) is 24.8 Å². The molecule has 8 nitrogen and oxygen atoms in total. The molecule has 2 aromatic rings. The third kappa shape index (κ3) is 5.86. The summed E-state index contributed by atoms with van der Waals surface area (Å²) in [7, 11) is 0. The van der Waals surface area contributed by atoms with Crippen LogP contribution in [0.5, 0.6) is 0 Å². The van der Waals surface area contributed by atoms with Crippen molar-refractivity contribution in [1.29, 1.82) is 0 Å². The normalized spacial score (nSPS) is 21.3. The molecule has 2 aliphatic rings. The lowest BCUT2D eigenvalue weighted by molar-refractivity contribution is -0.137. The molecule has 2 unspecified atom stereocenters. The number of halogens is 1. The lowest BCUT2D eigenvalue weighted by Gasteiger charge is -2.37. The number of carboxylic acids is 1. The predicted octanol–water partition coefficient (Wildman–Crippen LogP) is 3.18. The van der Waals surface area contributed by atoms with Crippen LogP contribution >= 0.6 is 12.6 Å². The highest BCUT2D eigenvalue weighted by atomic mass is 32.1. The van der Waals surface area contributed by atoms with Crippen LogP contribution in [0.1, 0.15) is 56.0 Å². The summed E-state index contributed by atoms with van der Waals surface area (Å²) in [4.78, 5) is 25.9.